The molecule has 6 aromatic rings. The maximum absolute atomic E-state index is 12.8. The maximum Gasteiger partial charge on any atom is 0.272 e. The molecule has 3 aliphatic rings. The first-order valence-corrected chi connectivity index (χ1v) is 28.7. The van der Waals surface area contributed by atoms with Gasteiger partial charge in [0.2, 0.25) is 0 Å². The van der Waals surface area contributed by atoms with E-state index in [1.165, 1.54) is 0 Å². The third-order valence-electron chi connectivity index (χ3n) is 15.1. The Labute approximate surface area is 470 Å². The van der Waals surface area contributed by atoms with Crippen molar-refractivity contribution in [3.63, 3.8) is 0 Å². The van der Waals surface area contributed by atoms with Crippen LogP contribution in [0.15, 0.2) is 84.8 Å². The summed E-state index contributed by atoms with van der Waals surface area (Å²) in [6.45, 7) is 20.7. The lowest BCUT2D eigenvalue weighted by molar-refractivity contribution is 0.192. The summed E-state index contributed by atoms with van der Waals surface area (Å²) in [5.74, 6) is 3.93. The van der Waals surface area contributed by atoms with Crippen LogP contribution in [0.25, 0.3) is 33.8 Å². The van der Waals surface area contributed by atoms with Crippen molar-refractivity contribution in [1.82, 2.24) is 58.3 Å². The molecule has 9 rings (SSSR count). The van der Waals surface area contributed by atoms with Crippen molar-refractivity contribution in [2.45, 2.75) is 114 Å². The molecule has 21 heteroatoms. The predicted molar refractivity (Wildman–Crippen MR) is 309 cm³/mol. The lowest BCUT2D eigenvalue weighted by atomic mass is 9.97. The predicted octanol–water partition coefficient (Wildman–Crippen LogP) is 8.15. The van der Waals surface area contributed by atoms with Crippen molar-refractivity contribution in [1.29, 1.82) is 15.8 Å². The molecule has 0 saturated carbocycles. The summed E-state index contributed by atoms with van der Waals surface area (Å²) in [5, 5.41) is 30.7. The van der Waals surface area contributed by atoms with E-state index in [0.717, 1.165) is 34.3 Å². The van der Waals surface area contributed by atoms with E-state index >= 15 is 0 Å². The molecule has 0 aromatic carbocycles. The summed E-state index contributed by atoms with van der Waals surface area (Å²) >= 11 is 4.70. The van der Waals surface area contributed by atoms with E-state index in [4.69, 9.17) is 0 Å². The van der Waals surface area contributed by atoms with Crippen LogP contribution in [0.3, 0.4) is 0 Å². The Hall–Kier alpha value is -6.51. The zero-order valence-corrected chi connectivity index (χ0v) is 49.8. The Morgan fingerprint density at radius 1 is 0.462 bits per heavy atom. The highest BCUT2D eigenvalue weighted by molar-refractivity contribution is 7.99. The van der Waals surface area contributed by atoms with Gasteiger partial charge in [0.05, 0.1) is 50.8 Å². The van der Waals surface area contributed by atoms with E-state index in [2.05, 4.69) is 107 Å². The first kappa shape index (κ1) is 59.2. The summed E-state index contributed by atoms with van der Waals surface area (Å²) in [4.78, 5) is 72.2. The van der Waals surface area contributed by atoms with Crippen LogP contribution in [-0.2, 0) is 36.3 Å². The Morgan fingerprint density at radius 2 is 0.705 bits per heavy atom. The summed E-state index contributed by atoms with van der Waals surface area (Å²) in [6, 6.07) is 17.6. The highest BCUT2D eigenvalue weighted by Crippen LogP contribution is 2.34. The number of hydrogen-bond donors (Lipinski definition) is 0. The molecule has 18 nitrogen and oxygen atoms in total. The van der Waals surface area contributed by atoms with E-state index in [1.807, 2.05) is 96.9 Å². The van der Waals surface area contributed by atoms with Gasteiger partial charge in [0, 0.05) is 72.2 Å². The summed E-state index contributed by atoms with van der Waals surface area (Å²) in [6.07, 6.45) is 5.11. The summed E-state index contributed by atoms with van der Waals surface area (Å²) in [7, 11) is 12.0. The number of thioether (sulfide) groups is 3. The molecule has 0 fully saturated rings. The van der Waals surface area contributed by atoms with E-state index in [9.17, 15) is 30.2 Å². The van der Waals surface area contributed by atoms with E-state index in [1.54, 1.807) is 67.6 Å². The molecule has 0 saturated heterocycles. The molecule has 0 N–H and O–H groups in total. The lowest BCUT2D eigenvalue weighted by Crippen LogP contribution is -2.36. The Morgan fingerprint density at radius 3 is 0.897 bits per heavy atom. The van der Waals surface area contributed by atoms with Crippen LogP contribution in [0.1, 0.15) is 96.1 Å². The van der Waals surface area contributed by atoms with Crippen molar-refractivity contribution < 1.29 is 0 Å². The standard InChI is InChI=1S/3C19H23N5OS/c3*1-12-10-24-17(25)14(8-20)16(22-18(24)26-11-12)13-6-7-15(21-9-13)19(2,3)23(4)5/h3*6-7,9,12H,10-11H2,1-5H3/t2*12-;/m10./s1. The number of hydrogen-bond acceptors (Lipinski definition) is 18. The number of nitrogens with zero attached hydrogens (tertiary/aromatic N) is 15. The Kier molecular flexibility index (Phi) is 18.1. The van der Waals surface area contributed by atoms with Crippen LogP contribution in [-0.4, -0.2) is 118 Å². The normalized spacial score (nSPS) is 17.0. The van der Waals surface area contributed by atoms with Crippen molar-refractivity contribution in [3.8, 4) is 52.0 Å². The van der Waals surface area contributed by atoms with Gasteiger partial charge in [-0.05, 0) is 138 Å². The second-order valence-electron chi connectivity index (χ2n) is 22.3. The van der Waals surface area contributed by atoms with Gasteiger partial charge in [0.15, 0.2) is 15.5 Å². The SMILES string of the molecule is CC1CSc2nc(-c3ccc(C(C)(C)N(C)C)nc3)c(C#N)c(=O)n2C1.C[C@@H]1CSc2nc(-c3ccc(C(C)(C)N(C)C)nc3)c(C#N)c(=O)n2C1.C[C@H]1CSc2nc(-c3ccc(C(C)(C)N(C)C)nc3)c(C#N)c(=O)n2C1. The van der Waals surface area contributed by atoms with Gasteiger partial charge in [-0.25, -0.2) is 15.0 Å². The maximum atomic E-state index is 12.8. The topological polar surface area (TPSA) is 224 Å². The molecule has 408 valence electrons. The molecule has 0 spiro atoms. The molecule has 9 heterocycles. The number of fused-ring (bicyclic) bond motifs is 3. The zero-order chi connectivity index (χ0) is 57.2. The van der Waals surface area contributed by atoms with Crippen LogP contribution in [0.5, 0.6) is 0 Å². The molecular formula is C57H69N15O3S3. The monoisotopic (exact) mass is 1110 g/mol. The molecule has 3 aliphatic heterocycles. The number of nitriles is 3. The van der Waals surface area contributed by atoms with Gasteiger partial charge >= 0.3 is 0 Å². The van der Waals surface area contributed by atoms with E-state index < -0.39 is 0 Å². The van der Waals surface area contributed by atoms with Crippen molar-refractivity contribution in [2.24, 2.45) is 17.8 Å². The summed E-state index contributed by atoms with van der Waals surface area (Å²) < 4.78 is 4.87. The second-order valence-corrected chi connectivity index (χ2v) is 25.3. The highest BCUT2D eigenvalue weighted by atomic mass is 32.2. The third kappa shape index (κ3) is 12.0. The van der Waals surface area contributed by atoms with Gasteiger partial charge in [0.1, 0.15) is 34.9 Å². The van der Waals surface area contributed by atoms with Crippen LogP contribution in [0.4, 0.5) is 0 Å². The minimum Gasteiger partial charge on any atom is -0.299 e. The lowest BCUT2D eigenvalue weighted by Gasteiger charge is -2.32. The van der Waals surface area contributed by atoms with Gasteiger partial charge in [-0.15, -0.1) is 0 Å². The second kappa shape index (κ2) is 23.8. The van der Waals surface area contributed by atoms with Crippen molar-refractivity contribution in [3.05, 3.63) is 120 Å². The number of pyridine rings is 3. The first-order chi connectivity index (χ1) is 36.8. The van der Waals surface area contributed by atoms with Crippen LogP contribution >= 0.6 is 35.3 Å². The van der Waals surface area contributed by atoms with Gasteiger partial charge < -0.3 is 0 Å². The van der Waals surface area contributed by atoms with Gasteiger partial charge in [-0.2, -0.15) is 15.8 Å². The highest BCUT2D eigenvalue weighted by Gasteiger charge is 2.30. The number of rotatable bonds is 9. The van der Waals surface area contributed by atoms with Crippen molar-refractivity contribution >= 4 is 35.3 Å². The molecule has 1 unspecified atom stereocenters. The molecule has 0 radical (unpaired) electrons. The smallest absolute Gasteiger partial charge is 0.272 e. The fourth-order valence-corrected chi connectivity index (χ4v) is 11.5. The van der Waals surface area contributed by atoms with Gasteiger partial charge in [-0.1, -0.05) is 56.1 Å². The van der Waals surface area contributed by atoms with Crippen LogP contribution in [0, 0.1) is 51.7 Å². The fraction of sp³-hybridized carbons (Fsp3) is 0.474. The first-order valence-electron chi connectivity index (χ1n) is 25.7. The van der Waals surface area contributed by atoms with Crippen molar-refractivity contribution in [2.75, 3.05) is 59.5 Å². The zero-order valence-electron chi connectivity index (χ0n) is 47.3. The molecule has 78 heavy (non-hydrogen) atoms. The van der Waals surface area contributed by atoms with Gasteiger partial charge in [0.25, 0.3) is 16.7 Å². The third-order valence-corrected chi connectivity index (χ3v) is 19.0. The van der Waals surface area contributed by atoms with E-state index in [0.29, 0.717) is 86.6 Å². The van der Waals surface area contributed by atoms with Crippen LogP contribution < -0.4 is 16.7 Å². The average Bonchev–Trinajstić information content (AvgIpc) is 3.46. The molecule has 0 amide bonds. The summed E-state index contributed by atoms with van der Waals surface area (Å²) in [5.41, 5.74) is 4.94. The molecule has 3 atom stereocenters. The molecule has 0 bridgehead atoms. The average molecular weight is 1110 g/mol. The fourth-order valence-electron chi connectivity index (χ4n) is 8.47. The Balaban J connectivity index is 0.000000170. The largest absolute Gasteiger partial charge is 0.299 e. The molecule has 6 aromatic heterocycles. The minimum absolute atomic E-state index is 0.0878. The quantitative estimate of drug-likeness (QED) is 0.125. The van der Waals surface area contributed by atoms with Crippen LogP contribution in [0.2, 0.25) is 0 Å². The van der Waals surface area contributed by atoms with Gasteiger partial charge in [-0.3, -0.25) is 57.7 Å². The number of aromatic nitrogens is 9. The Bertz CT molecular complexity index is 3140. The minimum atomic E-state index is -0.260. The van der Waals surface area contributed by atoms with E-state index in [-0.39, 0.29) is 50.0 Å². The molecule has 0 aliphatic carbocycles. The molecular weight excluding hydrogens is 1040 g/mol.